The van der Waals surface area contributed by atoms with E-state index >= 15 is 0 Å². The standard InChI is InChI=1S/C9H7BrF3NO2/c10-3-5-4(2-7(15)16)1-6(11)14-8(5)9(12)13/h1,9H,2-3H2,(H,15,16). The van der Waals surface area contributed by atoms with Gasteiger partial charge in [-0.05, 0) is 17.2 Å². The van der Waals surface area contributed by atoms with Crippen LogP contribution >= 0.6 is 15.9 Å². The Morgan fingerprint density at radius 1 is 1.56 bits per heavy atom. The number of rotatable bonds is 4. The van der Waals surface area contributed by atoms with Gasteiger partial charge in [-0.3, -0.25) is 4.79 Å². The molecule has 7 heteroatoms. The van der Waals surface area contributed by atoms with Crippen LogP contribution in [0.1, 0.15) is 23.2 Å². The molecule has 0 fully saturated rings. The van der Waals surface area contributed by atoms with Crippen LogP contribution in [0.5, 0.6) is 0 Å². The van der Waals surface area contributed by atoms with E-state index in [4.69, 9.17) is 5.11 Å². The highest BCUT2D eigenvalue weighted by molar-refractivity contribution is 9.08. The fraction of sp³-hybridized carbons (Fsp3) is 0.333. The molecule has 0 aliphatic carbocycles. The summed E-state index contributed by atoms with van der Waals surface area (Å²) in [7, 11) is 0. The smallest absolute Gasteiger partial charge is 0.307 e. The number of aliphatic carboxylic acids is 1. The van der Waals surface area contributed by atoms with Crippen LogP contribution < -0.4 is 0 Å². The van der Waals surface area contributed by atoms with E-state index in [1.807, 2.05) is 0 Å². The normalized spacial score (nSPS) is 10.8. The van der Waals surface area contributed by atoms with E-state index in [9.17, 15) is 18.0 Å². The van der Waals surface area contributed by atoms with Crippen molar-refractivity contribution < 1.29 is 23.1 Å². The number of aromatic nitrogens is 1. The zero-order valence-electron chi connectivity index (χ0n) is 7.88. The van der Waals surface area contributed by atoms with Gasteiger partial charge in [0.1, 0.15) is 5.69 Å². The molecule has 0 spiro atoms. The minimum atomic E-state index is -2.93. The summed E-state index contributed by atoms with van der Waals surface area (Å²) in [6.07, 6.45) is -3.45. The van der Waals surface area contributed by atoms with Crippen molar-refractivity contribution in [3.63, 3.8) is 0 Å². The Morgan fingerprint density at radius 3 is 2.62 bits per heavy atom. The second kappa shape index (κ2) is 5.29. The number of nitrogens with zero attached hydrogens (tertiary/aromatic N) is 1. The molecule has 1 rings (SSSR count). The van der Waals surface area contributed by atoms with Crippen molar-refractivity contribution >= 4 is 21.9 Å². The fourth-order valence-electron chi connectivity index (χ4n) is 1.27. The van der Waals surface area contributed by atoms with Crippen molar-refractivity contribution in [1.29, 1.82) is 0 Å². The van der Waals surface area contributed by atoms with Crippen LogP contribution in [-0.4, -0.2) is 16.1 Å². The molecule has 0 amide bonds. The highest BCUT2D eigenvalue weighted by atomic mass is 79.9. The lowest BCUT2D eigenvalue weighted by Gasteiger charge is -2.10. The third kappa shape index (κ3) is 2.94. The van der Waals surface area contributed by atoms with Crippen molar-refractivity contribution in [3.8, 4) is 0 Å². The molecular formula is C9H7BrF3NO2. The van der Waals surface area contributed by atoms with Crippen LogP contribution in [0.15, 0.2) is 6.07 Å². The predicted molar refractivity (Wildman–Crippen MR) is 53.1 cm³/mol. The molecule has 0 aliphatic rings. The zero-order valence-corrected chi connectivity index (χ0v) is 9.47. The summed E-state index contributed by atoms with van der Waals surface area (Å²) < 4.78 is 37.9. The molecule has 1 heterocycles. The van der Waals surface area contributed by atoms with E-state index in [0.717, 1.165) is 6.07 Å². The van der Waals surface area contributed by atoms with Crippen molar-refractivity contribution in [3.05, 3.63) is 28.8 Å². The molecule has 88 valence electrons. The Balaban J connectivity index is 3.29. The summed E-state index contributed by atoms with van der Waals surface area (Å²) in [5.41, 5.74) is -0.681. The number of carbonyl (C=O) groups is 1. The number of hydrogen-bond acceptors (Lipinski definition) is 2. The van der Waals surface area contributed by atoms with Crippen molar-refractivity contribution in [2.75, 3.05) is 0 Å². The van der Waals surface area contributed by atoms with Crippen LogP contribution in [0.3, 0.4) is 0 Å². The van der Waals surface area contributed by atoms with E-state index in [1.165, 1.54) is 0 Å². The quantitative estimate of drug-likeness (QED) is 0.687. The van der Waals surface area contributed by atoms with Crippen LogP contribution in [0.2, 0.25) is 0 Å². The molecule has 0 radical (unpaired) electrons. The molecule has 0 atom stereocenters. The van der Waals surface area contributed by atoms with Crippen LogP contribution in [0.25, 0.3) is 0 Å². The summed E-state index contributed by atoms with van der Waals surface area (Å²) in [6.45, 7) is 0. The lowest BCUT2D eigenvalue weighted by Crippen LogP contribution is -2.09. The molecule has 16 heavy (non-hydrogen) atoms. The Morgan fingerprint density at radius 2 is 2.19 bits per heavy atom. The predicted octanol–water partition coefficient (Wildman–Crippen LogP) is 2.68. The van der Waals surface area contributed by atoms with E-state index in [-0.39, 0.29) is 16.5 Å². The average molecular weight is 298 g/mol. The van der Waals surface area contributed by atoms with Crippen LogP contribution in [0, 0.1) is 5.95 Å². The molecule has 1 aromatic heterocycles. The molecule has 0 aromatic carbocycles. The molecule has 1 aromatic rings. The van der Waals surface area contributed by atoms with E-state index in [1.54, 1.807) is 0 Å². The van der Waals surface area contributed by atoms with Gasteiger partial charge in [0.25, 0.3) is 6.43 Å². The molecule has 0 aliphatic heterocycles. The van der Waals surface area contributed by atoms with Crippen molar-refractivity contribution in [1.82, 2.24) is 4.98 Å². The van der Waals surface area contributed by atoms with Gasteiger partial charge in [-0.25, -0.2) is 13.8 Å². The summed E-state index contributed by atoms with van der Waals surface area (Å²) in [6, 6.07) is 0.858. The topological polar surface area (TPSA) is 50.2 Å². The zero-order chi connectivity index (χ0) is 12.3. The largest absolute Gasteiger partial charge is 0.481 e. The number of pyridine rings is 1. The fourth-order valence-corrected chi connectivity index (χ4v) is 1.91. The maximum atomic E-state index is 12.9. The van der Waals surface area contributed by atoms with Gasteiger partial charge in [-0.1, -0.05) is 15.9 Å². The van der Waals surface area contributed by atoms with Gasteiger partial charge in [0.15, 0.2) is 0 Å². The van der Waals surface area contributed by atoms with Gasteiger partial charge in [-0.15, -0.1) is 0 Å². The number of halogens is 4. The number of carboxylic acids is 1. The minimum absolute atomic E-state index is 0.00255. The highest BCUT2D eigenvalue weighted by Gasteiger charge is 2.20. The third-order valence-electron chi connectivity index (χ3n) is 1.90. The monoisotopic (exact) mass is 297 g/mol. The van der Waals surface area contributed by atoms with Crippen molar-refractivity contribution in [2.24, 2.45) is 0 Å². The van der Waals surface area contributed by atoms with E-state index < -0.39 is 30.5 Å². The maximum Gasteiger partial charge on any atom is 0.307 e. The van der Waals surface area contributed by atoms with E-state index in [2.05, 4.69) is 20.9 Å². The SMILES string of the molecule is O=C(O)Cc1cc(F)nc(C(F)F)c1CBr. The second-order valence-corrected chi connectivity index (χ2v) is 3.53. The second-order valence-electron chi connectivity index (χ2n) is 2.97. The summed E-state index contributed by atoms with van der Waals surface area (Å²) >= 11 is 2.95. The van der Waals surface area contributed by atoms with E-state index in [0.29, 0.717) is 0 Å². The van der Waals surface area contributed by atoms with Crippen LogP contribution in [0.4, 0.5) is 13.2 Å². The number of hydrogen-bond donors (Lipinski definition) is 1. The first-order chi connectivity index (χ1) is 7.45. The van der Waals surface area contributed by atoms with Gasteiger partial charge in [0.2, 0.25) is 5.95 Å². The Bertz CT molecular complexity index is 412. The Labute approximate surface area is 97.4 Å². The summed E-state index contributed by atoms with van der Waals surface area (Å²) in [5, 5.41) is 8.56. The lowest BCUT2D eigenvalue weighted by atomic mass is 10.1. The first kappa shape index (κ1) is 13.0. The van der Waals surface area contributed by atoms with Crippen LogP contribution in [-0.2, 0) is 16.5 Å². The number of carboxylic acid groups (broad SMARTS) is 1. The van der Waals surface area contributed by atoms with Gasteiger partial charge >= 0.3 is 5.97 Å². The molecule has 0 saturated heterocycles. The molecule has 0 bridgehead atoms. The lowest BCUT2D eigenvalue weighted by molar-refractivity contribution is -0.136. The first-order valence-corrected chi connectivity index (χ1v) is 5.32. The number of alkyl halides is 3. The molecule has 0 unspecified atom stereocenters. The van der Waals surface area contributed by atoms with Gasteiger partial charge in [0.05, 0.1) is 6.42 Å². The Hall–Kier alpha value is -1.11. The molecule has 1 N–H and O–H groups in total. The third-order valence-corrected chi connectivity index (χ3v) is 2.46. The van der Waals surface area contributed by atoms with Crippen molar-refractivity contribution in [2.45, 2.75) is 18.2 Å². The summed E-state index contributed by atoms with van der Waals surface area (Å²) in [5.74, 6) is -2.32. The molecule has 3 nitrogen and oxygen atoms in total. The molecule has 0 saturated carbocycles. The highest BCUT2D eigenvalue weighted by Crippen LogP contribution is 2.26. The first-order valence-electron chi connectivity index (χ1n) is 4.19. The van der Waals surface area contributed by atoms with Gasteiger partial charge < -0.3 is 5.11 Å². The molecular weight excluding hydrogens is 291 g/mol. The average Bonchev–Trinajstić information content (AvgIpc) is 2.15. The Kier molecular flexibility index (Phi) is 4.28. The maximum absolute atomic E-state index is 12.9. The van der Waals surface area contributed by atoms with Gasteiger partial charge in [-0.2, -0.15) is 4.39 Å². The van der Waals surface area contributed by atoms with Gasteiger partial charge in [0, 0.05) is 5.33 Å². The summed E-state index contributed by atoms with van der Waals surface area (Å²) in [4.78, 5) is 13.6. The minimum Gasteiger partial charge on any atom is -0.481 e.